The van der Waals surface area contributed by atoms with Crippen molar-refractivity contribution in [1.82, 2.24) is 10.2 Å². The third-order valence-corrected chi connectivity index (χ3v) is 3.46. The average molecular weight is 196 g/mol. The number of hydrogen-bond donors (Lipinski definition) is 1. The number of aromatic amines is 1. The summed E-state index contributed by atoms with van der Waals surface area (Å²) in [4.78, 5) is 10.7. The fourth-order valence-electron chi connectivity index (χ4n) is 1.49. The van der Waals surface area contributed by atoms with Gasteiger partial charge in [0.1, 0.15) is 5.03 Å². The highest BCUT2D eigenvalue weighted by molar-refractivity contribution is 7.99. The summed E-state index contributed by atoms with van der Waals surface area (Å²) in [5, 5.41) is 8.02. The Bertz CT molecular complexity index is 323. The van der Waals surface area contributed by atoms with E-state index in [1.807, 2.05) is 0 Å². The maximum Gasteiger partial charge on any atom is 0.264 e. The molecule has 0 atom stereocenters. The van der Waals surface area contributed by atoms with Crippen molar-refractivity contribution >= 4 is 11.8 Å². The van der Waals surface area contributed by atoms with Gasteiger partial charge in [-0.05, 0) is 24.8 Å². The highest BCUT2D eigenvalue weighted by atomic mass is 32.2. The Kier molecular flexibility index (Phi) is 2.40. The van der Waals surface area contributed by atoms with Crippen LogP contribution in [0.15, 0.2) is 22.0 Å². The number of nitrogens with one attached hydrogen (secondary N) is 1. The highest BCUT2D eigenvalue weighted by Gasteiger charge is 2.26. The van der Waals surface area contributed by atoms with Crippen molar-refractivity contribution in [3.63, 3.8) is 0 Å². The Labute approximate surface area is 80.9 Å². The number of thioether (sulfide) groups is 1. The molecule has 1 aliphatic rings. The first-order valence-electron chi connectivity index (χ1n) is 4.46. The van der Waals surface area contributed by atoms with Gasteiger partial charge in [0, 0.05) is 11.3 Å². The summed E-state index contributed by atoms with van der Waals surface area (Å²) in [6, 6.07) is 3.31. The standard InChI is InChI=1S/C9H12N2OS/c1-6-4-7(5-6)13-9-3-2-8(12)10-11-9/h2-3,6-7H,4-5H2,1H3,(H,10,12). The molecule has 0 spiro atoms. The van der Waals surface area contributed by atoms with Crippen molar-refractivity contribution in [3.8, 4) is 0 Å². The summed E-state index contributed by atoms with van der Waals surface area (Å²) in [7, 11) is 0. The minimum Gasteiger partial charge on any atom is -0.268 e. The maximum atomic E-state index is 10.7. The lowest BCUT2D eigenvalue weighted by atomic mass is 9.87. The predicted octanol–water partition coefficient (Wildman–Crippen LogP) is 1.66. The van der Waals surface area contributed by atoms with Crippen molar-refractivity contribution in [2.75, 3.05) is 0 Å². The predicted molar refractivity (Wildman–Crippen MR) is 52.9 cm³/mol. The smallest absolute Gasteiger partial charge is 0.264 e. The van der Waals surface area contributed by atoms with Gasteiger partial charge >= 0.3 is 0 Å². The van der Waals surface area contributed by atoms with Crippen LogP contribution < -0.4 is 5.56 Å². The Balaban J connectivity index is 1.95. The molecule has 0 aliphatic heterocycles. The van der Waals surface area contributed by atoms with Gasteiger partial charge in [0.15, 0.2) is 0 Å². The monoisotopic (exact) mass is 196 g/mol. The van der Waals surface area contributed by atoms with Gasteiger partial charge in [-0.2, -0.15) is 5.10 Å². The van der Waals surface area contributed by atoms with Crippen LogP contribution in [-0.2, 0) is 0 Å². The lowest BCUT2D eigenvalue weighted by Crippen LogP contribution is -2.23. The first-order valence-corrected chi connectivity index (χ1v) is 5.34. The van der Waals surface area contributed by atoms with E-state index in [4.69, 9.17) is 0 Å². The van der Waals surface area contributed by atoms with Gasteiger partial charge in [0.05, 0.1) is 0 Å². The topological polar surface area (TPSA) is 45.8 Å². The second-order valence-electron chi connectivity index (χ2n) is 3.58. The molecule has 4 heteroatoms. The zero-order valence-corrected chi connectivity index (χ0v) is 8.30. The van der Waals surface area contributed by atoms with Crippen molar-refractivity contribution < 1.29 is 0 Å². The van der Waals surface area contributed by atoms with Crippen LogP contribution in [0.3, 0.4) is 0 Å². The molecule has 2 rings (SSSR count). The molecule has 1 aromatic heterocycles. The van der Waals surface area contributed by atoms with E-state index in [0.717, 1.165) is 10.9 Å². The van der Waals surface area contributed by atoms with Gasteiger partial charge in [-0.15, -0.1) is 11.8 Å². The molecule has 0 unspecified atom stereocenters. The molecule has 1 aliphatic carbocycles. The second kappa shape index (κ2) is 3.54. The quantitative estimate of drug-likeness (QED) is 0.782. The zero-order valence-electron chi connectivity index (χ0n) is 7.49. The number of H-pyrrole nitrogens is 1. The minimum atomic E-state index is -0.133. The number of nitrogens with zero attached hydrogens (tertiary/aromatic N) is 1. The van der Waals surface area contributed by atoms with Gasteiger partial charge in [-0.1, -0.05) is 6.92 Å². The summed E-state index contributed by atoms with van der Waals surface area (Å²) in [6.07, 6.45) is 2.54. The van der Waals surface area contributed by atoms with Gasteiger partial charge in [0.2, 0.25) is 0 Å². The summed E-state index contributed by atoms with van der Waals surface area (Å²) in [5.41, 5.74) is -0.133. The number of aromatic nitrogens is 2. The molecule has 0 bridgehead atoms. The average Bonchev–Trinajstić information content (AvgIpc) is 2.06. The van der Waals surface area contributed by atoms with Crippen molar-refractivity contribution in [2.24, 2.45) is 5.92 Å². The van der Waals surface area contributed by atoms with Crippen LogP contribution in [0.1, 0.15) is 19.8 Å². The summed E-state index contributed by atoms with van der Waals surface area (Å²) in [5.74, 6) is 0.861. The normalized spacial score (nSPS) is 26.8. The Hall–Kier alpha value is -0.770. The molecule has 1 N–H and O–H groups in total. The fourth-order valence-corrected chi connectivity index (χ4v) is 2.93. The van der Waals surface area contributed by atoms with E-state index in [-0.39, 0.29) is 5.56 Å². The molecule has 1 saturated carbocycles. The van der Waals surface area contributed by atoms with Crippen LogP contribution in [0.4, 0.5) is 0 Å². The lowest BCUT2D eigenvalue weighted by Gasteiger charge is -2.31. The summed E-state index contributed by atoms with van der Waals surface area (Å²) in [6.45, 7) is 2.26. The molecular formula is C9H12N2OS. The SMILES string of the molecule is CC1CC(Sc2ccc(=O)[nH]n2)C1. The van der Waals surface area contributed by atoms with E-state index >= 15 is 0 Å². The molecule has 0 aromatic carbocycles. The van der Waals surface area contributed by atoms with Crippen LogP contribution in [0.5, 0.6) is 0 Å². The van der Waals surface area contributed by atoms with Crippen LogP contribution in [0.25, 0.3) is 0 Å². The zero-order chi connectivity index (χ0) is 9.26. The highest BCUT2D eigenvalue weighted by Crippen LogP contribution is 2.38. The van der Waals surface area contributed by atoms with E-state index in [0.29, 0.717) is 5.25 Å². The van der Waals surface area contributed by atoms with E-state index < -0.39 is 0 Å². The maximum absolute atomic E-state index is 10.7. The van der Waals surface area contributed by atoms with Crippen molar-refractivity contribution in [2.45, 2.75) is 30.0 Å². The first kappa shape index (κ1) is 8.81. The Morgan fingerprint density at radius 1 is 1.54 bits per heavy atom. The van der Waals surface area contributed by atoms with E-state index in [1.165, 1.54) is 18.9 Å². The molecule has 0 saturated heterocycles. The lowest BCUT2D eigenvalue weighted by molar-refractivity contribution is 0.360. The number of rotatable bonds is 2. The molecule has 0 amide bonds. The van der Waals surface area contributed by atoms with Crippen LogP contribution in [-0.4, -0.2) is 15.4 Å². The molecule has 0 radical (unpaired) electrons. The molecule has 13 heavy (non-hydrogen) atoms. The molecule has 70 valence electrons. The summed E-state index contributed by atoms with van der Waals surface area (Å²) >= 11 is 1.76. The molecule has 1 heterocycles. The number of hydrogen-bond acceptors (Lipinski definition) is 3. The molecule has 1 aromatic rings. The summed E-state index contributed by atoms with van der Waals surface area (Å²) < 4.78 is 0. The van der Waals surface area contributed by atoms with E-state index in [9.17, 15) is 4.79 Å². The van der Waals surface area contributed by atoms with Crippen molar-refractivity contribution in [3.05, 3.63) is 22.5 Å². The van der Waals surface area contributed by atoms with E-state index in [1.54, 1.807) is 17.8 Å². The van der Waals surface area contributed by atoms with Gasteiger partial charge < -0.3 is 0 Å². The Morgan fingerprint density at radius 2 is 2.31 bits per heavy atom. The van der Waals surface area contributed by atoms with E-state index in [2.05, 4.69) is 17.1 Å². The van der Waals surface area contributed by atoms with Crippen LogP contribution in [0, 0.1) is 5.92 Å². The minimum absolute atomic E-state index is 0.133. The third kappa shape index (κ3) is 2.12. The fraction of sp³-hybridized carbons (Fsp3) is 0.556. The molecule has 1 fully saturated rings. The largest absolute Gasteiger partial charge is 0.268 e. The van der Waals surface area contributed by atoms with Crippen molar-refractivity contribution in [1.29, 1.82) is 0 Å². The Morgan fingerprint density at radius 3 is 2.85 bits per heavy atom. The third-order valence-electron chi connectivity index (χ3n) is 2.27. The van der Waals surface area contributed by atoms with Crippen LogP contribution >= 0.6 is 11.8 Å². The van der Waals surface area contributed by atoms with Gasteiger partial charge in [-0.3, -0.25) is 4.79 Å². The molecule has 3 nitrogen and oxygen atoms in total. The second-order valence-corrected chi connectivity index (χ2v) is 4.90. The van der Waals surface area contributed by atoms with Gasteiger partial charge in [-0.25, -0.2) is 5.10 Å². The van der Waals surface area contributed by atoms with Gasteiger partial charge in [0.25, 0.3) is 5.56 Å². The first-order chi connectivity index (χ1) is 6.24. The molecular weight excluding hydrogens is 184 g/mol. The van der Waals surface area contributed by atoms with Crippen LogP contribution in [0.2, 0.25) is 0 Å².